The Balaban J connectivity index is 1.41. The number of hydrogen-bond acceptors (Lipinski definition) is 4. The van der Waals surface area contributed by atoms with Gasteiger partial charge in [-0.05, 0) is 60.2 Å². The molecular weight excluding hydrogens is 458 g/mol. The van der Waals surface area contributed by atoms with Crippen LogP contribution >= 0.6 is 22.9 Å². The molecule has 8 heteroatoms. The third-order valence-electron chi connectivity index (χ3n) is 6.18. The number of amides is 2. The number of likely N-dealkylation sites (tertiary alicyclic amines) is 1. The van der Waals surface area contributed by atoms with Crippen LogP contribution in [0, 0.1) is 5.92 Å². The van der Waals surface area contributed by atoms with Gasteiger partial charge in [0, 0.05) is 52.8 Å². The Hall–Kier alpha value is -3.16. The fourth-order valence-corrected chi connectivity index (χ4v) is 5.48. The van der Waals surface area contributed by atoms with E-state index in [1.54, 1.807) is 47.4 Å². The fraction of sp³-hybridized carbons (Fsp3) is 0.240. The smallest absolute Gasteiger partial charge is 0.270 e. The molecule has 2 aromatic heterocycles. The van der Waals surface area contributed by atoms with Crippen LogP contribution < -0.4 is 10.9 Å². The first kappa shape index (κ1) is 21.7. The van der Waals surface area contributed by atoms with E-state index in [9.17, 15) is 14.4 Å². The van der Waals surface area contributed by atoms with Gasteiger partial charge in [0.1, 0.15) is 5.70 Å². The van der Waals surface area contributed by atoms with Crippen LogP contribution in [-0.4, -0.2) is 34.4 Å². The van der Waals surface area contributed by atoms with Crippen molar-refractivity contribution in [2.24, 2.45) is 5.92 Å². The summed E-state index contributed by atoms with van der Waals surface area (Å²) < 4.78 is 1.84. The zero-order valence-electron chi connectivity index (χ0n) is 17.7. The predicted molar refractivity (Wildman–Crippen MR) is 129 cm³/mol. The molecule has 5 rings (SSSR count). The molecule has 0 radical (unpaired) electrons. The Labute approximate surface area is 200 Å². The third-order valence-corrected chi connectivity index (χ3v) is 7.25. The molecular formula is C25H22ClN3O3S. The number of pyridine rings is 1. The second-order valence-corrected chi connectivity index (χ2v) is 9.86. The van der Waals surface area contributed by atoms with E-state index in [0.29, 0.717) is 30.2 Å². The van der Waals surface area contributed by atoms with Gasteiger partial charge in [-0.1, -0.05) is 23.7 Å². The standard InChI is InChI=1S/C25H22ClN3O3S/c26-19-8-6-17(7-9-19)24(31)27-21(12-20-3-2-10-33-20)25(32)28-13-16-11-18(15-28)22-4-1-5-23(30)29(22)14-16/h1-10,12,16,18H,11,13-15H2,(H,27,31)/b21-12-. The maximum Gasteiger partial charge on any atom is 0.270 e. The lowest BCUT2D eigenvalue weighted by Gasteiger charge is -2.43. The van der Waals surface area contributed by atoms with Gasteiger partial charge in [0.05, 0.1) is 0 Å². The van der Waals surface area contributed by atoms with Crippen LogP contribution in [0.4, 0.5) is 0 Å². The molecule has 0 aliphatic carbocycles. The Bertz CT molecular complexity index is 1280. The predicted octanol–water partition coefficient (Wildman–Crippen LogP) is 3.98. The van der Waals surface area contributed by atoms with Gasteiger partial charge < -0.3 is 14.8 Å². The van der Waals surface area contributed by atoms with E-state index in [2.05, 4.69) is 5.32 Å². The molecule has 33 heavy (non-hydrogen) atoms. The number of nitrogens with one attached hydrogen (secondary N) is 1. The van der Waals surface area contributed by atoms with Gasteiger partial charge in [-0.25, -0.2) is 0 Å². The van der Waals surface area contributed by atoms with Crippen molar-refractivity contribution in [1.82, 2.24) is 14.8 Å². The molecule has 1 fully saturated rings. The van der Waals surface area contributed by atoms with E-state index in [4.69, 9.17) is 11.6 Å². The molecule has 4 heterocycles. The molecule has 0 spiro atoms. The lowest BCUT2D eigenvalue weighted by Crippen LogP contribution is -2.50. The van der Waals surface area contributed by atoms with Crippen molar-refractivity contribution in [2.45, 2.75) is 18.9 Å². The van der Waals surface area contributed by atoms with Crippen molar-refractivity contribution >= 4 is 40.8 Å². The van der Waals surface area contributed by atoms with Crippen LogP contribution in [0.3, 0.4) is 0 Å². The minimum absolute atomic E-state index is 0.00971. The highest BCUT2D eigenvalue weighted by atomic mass is 35.5. The average Bonchev–Trinajstić information content (AvgIpc) is 3.32. The Morgan fingerprint density at radius 1 is 1.03 bits per heavy atom. The number of fused-ring (bicyclic) bond motifs is 4. The minimum atomic E-state index is -0.364. The van der Waals surface area contributed by atoms with E-state index in [0.717, 1.165) is 17.0 Å². The number of rotatable bonds is 4. The zero-order valence-corrected chi connectivity index (χ0v) is 19.3. The topological polar surface area (TPSA) is 71.4 Å². The SMILES string of the molecule is O=C(N/C(=C\c1cccs1)C(=O)N1CC2CC(C1)c1cccc(=O)n1C2)c1ccc(Cl)cc1. The number of benzene rings is 1. The first-order valence-electron chi connectivity index (χ1n) is 10.8. The molecule has 1 N–H and O–H groups in total. The van der Waals surface area contributed by atoms with Crippen LogP contribution in [0.5, 0.6) is 0 Å². The Kier molecular flexibility index (Phi) is 5.91. The summed E-state index contributed by atoms with van der Waals surface area (Å²) in [7, 11) is 0. The van der Waals surface area contributed by atoms with Crippen LogP contribution in [0.1, 0.15) is 33.3 Å². The summed E-state index contributed by atoms with van der Waals surface area (Å²) in [6, 6.07) is 15.7. The number of hydrogen-bond donors (Lipinski definition) is 1. The van der Waals surface area contributed by atoms with E-state index in [1.807, 2.05) is 28.1 Å². The van der Waals surface area contributed by atoms with Gasteiger partial charge in [0.2, 0.25) is 0 Å². The number of nitrogens with zero attached hydrogens (tertiary/aromatic N) is 2. The highest BCUT2D eigenvalue weighted by molar-refractivity contribution is 7.10. The van der Waals surface area contributed by atoms with Crippen molar-refractivity contribution in [2.75, 3.05) is 13.1 Å². The summed E-state index contributed by atoms with van der Waals surface area (Å²) >= 11 is 7.43. The molecule has 0 saturated carbocycles. The molecule has 168 valence electrons. The molecule has 1 aromatic carbocycles. The summed E-state index contributed by atoms with van der Waals surface area (Å²) in [5, 5.41) is 5.29. The van der Waals surface area contributed by atoms with Crippen LogP contribution in [0.2, 0.25) is 5.02 Å². The summed E-state index contributed by atoms with van der Waals surface area (Å²) in [4.78, 5) is 41.5. The molecule has 1 saturated heterocycles. The highest BCUT2D eigenvalue weighted by Crippen LogP contribution is 2.35. The van der Waals surface area contributed by atoms with Crippen LogP contribution in [0.15, 0.2) is 70.5 Å². The minimum Gasteiger partial charge on any atom is -0.336 e. The number of carbonyl (C=O) groups excluding carboxylic acids is 2. The lowest BCUT2D eigenvalue weighted by atomic mass is 9.83. The maximum absolute atomic E-state index is 13.6. The second-order valence-electron chi connectivity index (χ2n) is 8.44. The fourth-order valence-electron chi connectivity index (χ4n) is 4.70. The second kappa shape index (κ2) is 9.00. The molecule has 2 aliphatic rings. The molecule has 2 atom stereocenters. The van der Waals surface area contributed by atoms with E-state index in [-0.39, 0.29) is 34.9 Å². The summed E-state index contributed by atoms with van der Waals surface area (Å²) in [6.07, 6.45) is 2.68. The van der Waals surface area contributed by atoms with Gasteiger partial charge in [-0.2, -0.15) is 0 Å². The Morgan fingerprint density at radius 2 is 1.85 bits per heavy atom. The van der Waals surface area contributed by atoms with Gasteiger partial charge in [0.25, 0.3) is 17.4 Å². The van der Waals surface area contributed by atoms with E-state index in [1.165, 1.54) is 11.3 Å². The van der Waals surface area contributed by atoms with Crippen LogP contribution in [0.25, 0.3) is 6.08 Å². The monoisotopic (exact) mass is 479 g/mol. The van der Waals surface area contributed by atoms with E-state index >= 15 is 0 Å². The molecule has 3 aromatic rings. The maximum atomic E-state index is 13.6. The van der Waals surface area contributed by atoms with Gasteiger partial charge in [-0.3, -0.25) is 14.4 Å². The average molecular weight is 480 g/mol. The van der Waals surface area contributed by atoms with E-state index < -0.39 is 0 Å². The lowest BCUT2D eigenvalue weighted by molar-refractivity contribution is -0.130. The number of thiophene rings is 1. The molecule has 2 unspecified atom stereocenters. The van der Waals surface area contributed by atoms with Gasteiger partial charge in [0.15, 0.2) is 0 Å². The normalized spacial score (nSPS) is 19.7. The van der Waals surface area contributed by atoms with Gasteiger partial charge in [-0.15, -0.1) is 11.3 Å². The molecule has 2 aliphatic heterocycles. The van der Waals surface area contributed by atoms with Crippen molar-refractivity contribution < 1.29 is 9.59 Å². The first-order chi connectivity index (χ1) is 16.0. The third kappa shape index (κ3) is 4.51. The van der Waals surface area contributed by atoms with Crippen molar-refractivity contribution in [3.8, 4) is 0 Å². The van der Waals surface area contributed by atoms with Crippen LogP contribution in [-0.2, 0) is 11.3 Å². The molecule has 6 nitrogen and oxygen atoms in total. The number of carbonyl (C=O) groups is 2. The largest absolute Gasteiger partial charge is 0.336 e. The summed E-state index contributed by atoms with van der Waals surface area (Å²) in [5.74, 6) is -0.273. The van der Waals surface area contributed by atoms with Crippen molar-refractivity contribution in [3.63, 3.8) is 0 Å². The summed E-state index contributed by atoms with van der Waals surface area (Å²) in [6.45, 7) is 1.67. The zero-order chi connectivity index (χ0) is 22.9. The highest BCUT2D eigenvalue weighted by Gasteiger charge is 2.37. The number of piperidine rings is 1. The quantitative estimate of drug-likeness (QED) is 0.575. The molecule has 2 bridgehead atoms. The Morgan fingerprint density at radius 3 is 2.61 bits per heavy atom. The first-order valence-corrected chi connectivity index (χ1v) is 12.0. The van der Waals surface area contributed by atoms with Crippen molar-refractivity contribution in [3.05, 3.63) is 97.2 Å². The number of halogens is 1. The number of aromatic nitrogens is 1. The van der Waals surface area contributed by atoms with Gasteiger partial charge >= 0.3 is 0 Å². The summed E-state index contributed by atoms with van der Waals surface area (Å²) in [5.41, 5.74) is 1.65. The molecule has 2 amide bonds. The van der Waals surface area contributed by atoms with Crippen molar-refractivity contribution in [1.29, 1.82) is 0 Å².